The van der Waals surface area contributed by atoms with E-state index in [4.69, 9.17) is 0 Å². The molecule has 1 N–H and O–H groups in total. The number of hydrogen-bond donors (Lipinski definition) is 1. The van der Waals surface area contributed by atoms with Crippen molar-refractivity contribution in [3.05, 3.63) is 23.3 Å². The van der Waals surface area contributed by atoms with Crippen molar-refractivity contribution in [1.29, 1.82) is 0 Å². The number of aliphatic hydroxyl groups excluding tert-OH is 1. The Labute approximate surface area is 134 Å². The van der Waals surface area contributed by atoms with Gasteiger partial charge in [-0.2, -0.15) is 0 Å². The van der Waals surface area contributed by atoms with E-state index in [2.05, 4.69) is 30.9 Å². The summed E-state index contributed by atoms with van der Waals surface area (Å²) in [5.74, 6) is 9.88. The van der Waals surface area contributed by atoms with Crippen LogP contribution in [-0.4, -0.2) is 11.2 Å². The van der Waals surface area contributed by atoms with Crippen molar-refractivity contribution in [1.82, 2.24) is 0 Å². The predicted octanol–water partition coefficient (Wildman–Crippen LogP) is 4.48. The molecule has 1 nitrogen and oxygen atoms in total. The molecule has 0 heterocycles. The summed E-state index contributed by atoms with van der Waals surface area (Å²) in [6.07, 6.45) is 13.1. The van der Waals surface area contributed by atoms with E-state index in [0.717, 1.165) is 30.1 Å². The Balaban J connectivity index is 1.61. The first-order chi connectivity index (χ1) is 10.6. The number of hydrogen-bond acceptors (Lipinski definition) is 1. The van der Waals surface area contributed by atoms with E-state index < -0.39 is 0 Å². The third-order valence-corrected chi connectivity index (χ3v) is 7.27. The maximum absolute atomic E-state index is 9.93. The first-order valence-electron chi connectivity index (χ1n) is 9.15. The monoisotopic (exact) mass is 296 g/mol. The fourth-order valence-electron chi connectivity index (χ4n) is 6.21. The molecule has 0 saturated heterocycles. The summed E-state index contributed by atoms with van der Waals surface area (Å²) in [4.78, 5) is 0. The normalized spacial score (nSPS) is 46.4. The van der Waals surface area contributed by atoms with Gasteiger partial charge in [0.05, 0.1) is 6.10 Å². The van der Waals surface area contributed by atoms with Crippen molar-refractivity contribution < 1.29 is 5.11 Å². The van der Waals surface area contributed by atoms with Gasteiger partial charge < -0.3 is 5.11 Å². The van der Waals surface area contributed by atoms with E-state index in [9.17, 15) is 5.11 Å². The average Bonchev–Trinajstić information content (AvgIpc) is 2.84. The molecule has 4 aliphatic carbocycles. The third kappa shape index (κ3) is 2.04. The van der Waals surface area contributed by atoms with E-state index in [1.807, 2.05) is 6.92 Å². The molecule has 6 atom stereocenters. The van der Waals surface area contributed by atoms with E-state index in [0.29, 0.717) is 5.41 Å². The maximum atomic E-state index is 9.93. The van der Waals surface area contributed by atoms with Crippen LogP contribution in [0.4, 0.5) is 0 Å². The summed E-state index contributed by atoms with van der Waals surface area (Å²) in [6, 6.07) is 0. The molecule has 0 aromatic rings. The van der Waals surface area contributed by atoms with Crippen molar-refractivity contribution in [2.75, 3.05) is 0 Å². The highest BCUT2D eigenvalue weighted by molar-refractivity contribution is 5.40. The summed E-state index contributed by atoms with van der Waals surface area (Å²) in [5.41, 5.74) is 3.36. The van der Waals surface area contributed by atoms with E-state index in [1.165, 1.54) is 44.1 Å². The lowest BCUT2D eigenvalue weighted by Crippen LogP contribution is -2.45. The second-order valence-corrected chi connectivity index (χ2v) is 8.15. The second-order valence-electron chi connectivity index (χ2n) is 8.15. The molecule has 0 aromatic heterocycles. The van der Waals surface area contributed by atoms with Crippen LogP contribution in [0.25, 0.3) is 0 Å². The summed E-state index contributed by atoms with van der Waals surface area (Å²) >= 11 is 0. The van der Waals surface area contributed by atoms with Crippen LogP contribution >= 0.6 is 0 Å². The Bertz CT molecular complexity index is 587. The number of rotatable bonds is 0. The largest absolute Gasteiger partial charge is 0.389 e. The highest BCUT2D eigenvalue weighted by Gasteiger charge is 2.53. The summed E-state index contributed by atoms with van der Waals surface area (Å²) in [7, 11) is 0. The first-order valence-corrected chi connectivity index (χ1v) is 9.15. The second kappa shape index (κ2) is 5.27. The van der Waals surface area contributed by atoms with Crippen LogP contribution in [0.15, 0.2) is 23.3 Å². The van der Waals surface area contributed by atoms with E-state index in [1.54, 1.807) is 5.57 Å². The molecule has 0 aliphatic heterocycles. The van der Waals surface area contributed by atoms with Crippen molar-refractivity contribution >= 4 is 0 Å². The van der Waals surface area contributed by atoms with Crippen molar-refractivity contribution in [3.63, 3.8) is 0 Å². The molecule has 0 aromatic carbocycles. The number of allylic oxidation sites excluding steroid dienone is 3. The molecule has 0 bridgehead atoms. The zero-order chi connectivity index (χ0) is 15.3. The van der Waals surface area contributed by atoms with Crippen molar-refractivity contribution in [2.24, 2.45) is 29.1 Å². The zero-order valence-electron chi connectivity index (χ0n) is 13.9. The minimum Gasteiger partial charge on any atom is -0.389 e. The average molecular weight is 296 g/mol. The van der Waals surface area contributed by atoms with Gasteiger partial charge in [0.1, 0.15) is 0 Å². The van der Waals surface area contributed by atoms with Gasteiger partial charge in [-0.3, -0.25) is 0 Å². The smallest absolute Gasteiger partial charge is 0.0723 e. The molecule has 22 heavy (non-hydrogen) atoms. The predicted molar refractivity (Wildman–Crippen MR) is 90.0 cm³/mol. The topological polar surface area (TPSA) is 20.2 Å². The molecule has 0 radical (unpaired) electrons. The van der Waals surface area contributed by atoms with Crippen LogP contribution in [-0.2, 0) is 0 Å². The van der Waals surface area contributed by atoms with Crippen molar-refractivity contribution in [2.45, 2.75) is 64.9 Å². The van der Waals surface area contributed by atoms with Gasteiger partial charge in [-0.25, -0.2) is 0 Å². The molecule has 1 heteroatoms. The summed E-state index contributed by atoms with van der Waals surface area (Å²) in [5, 5.41) is 9.93. The number of fused-ring (bicyclic) bond motifs is 5. The van der Waals surface area contributed by atoms with Gasteiger partial charge in [0, 0.05) is 11.0 Å². The SMILES string of the molecule is CC#CC1=CCC2C3CCC4=C[C@@H](O)CC[C@@H]4C3CC[C@]12C. The Morgan fingerprint density at radius 1 is 1.18 bits per heavy atom. The molecule has 0 spiro atoms. The van der Waals surface area contributed by atoms with Crippen LogP contribution in [0.3, 0.4) is 0 Å². The van der Waals surface area contributed by atoms with E-state index in [-0.39, 0.29) is 6.10 Å². The molecule has 118 valence electrons. The Morgan fingerprint density at radius 3 is 2.86 bits per heavy atom. The standard InChI is InChI=1S/C21H28O/c1-3-4-15-6-10-20-19-8-5-14-13-16(22)7-9-17(14)18(19)11-12-21(15,20)2/h6,13,16-20,22H,5,7-12H2,1-2H3/t16-,17-,18?,19?,20?,21+/m0/s1. The molecule has 4 aliphatic rings. The molecule has 3 unspecified atom stereocenters. The Hall–Kier alpha value is -1.00. The molecule has 2 saturated carbocycles. The van der Waals surface area contributed by atoms with Gasteiger partial charge >= 0.3 is 0 Å². The van der Waals surface area contributed by atoms with Crippen LogP contribution in [0, 0.1) is 40.9 Å². The highest BCUT2D eigenvalue weighted by Crippen LogP contribution is 2.61. The molecular formula is C21H28O. The summed E-state index contributed by atoms with van der Waals surface area (Å²) < 4.78 is 0. The van der Waals surface area contributed by atoms with Crippen LogP contribution in [0.5, 0.6) is 0 Å². The van der Waals surface area contributed by atoms with Gasteiger partial charge in [0.25, 0.3) is 0 Å². The lowest BCUT2D eigenvalue weighted by atomic mass is 9.51. The fourth-order valence-corrected chi connectivity index (χ4v) is 6.21. The highest BCUT2D eigenvalue weighted by atomic mass is 16.3. The van der Waals surface area contributed by atoms with Crippen LogP contribution in [0.1, 0.15) is 58.8 Å². The summed E-state index contributed by atoms with van der Waals surface area (Å²) in [6.45, 7) is 4.45. The minimum absolute atomic E-state index is 0.170. The fraction of sp³-hybridized carbons (Fsp3) is 0.714. The van der Waals surface area contributed by atoms with Gasteiger partial charge in [-0.15, -0.1) is 5.92 Å². The van der Waals surface area contributed by atoms with Gasteiger partial charge in [0.15, 0.2) is 0 Å². The molecule has 4 rings (SSSR count). The lowest BCUT2D eigenvalue weighted by molar-refractivity contribution is 0.00629. The van der Waals surface area contributed by atoms with Crippen LogP contribution < -0.4 is 0 Å². The van der Waals surface area contributed by atoms with Crippen LogP contribution in [0.2, 0.25) is 0 Å². The Morgan fingerprint density at radius 2 is 2.05 bits per heavy atom. The first kappa shape index (κ1) is 14.6. The molecule has 2 fully saturated rings. The van der Waals surface area contributed by atoms with Gasteiger partial charge in [0.2, 0.25) is 0 Å². The van der Waals surface area contributed by atoms with Gasteiger partial charge in [-0.05, 0) is 75.5 Å². The Kier molecular flexibility index (Phi) is 3.50. The lowest BCUT2D eigenvalue weighted by Gasteiger charge is -2.53. The molecular weight excluding hydrogens is 268 g/mol. The van der Waals surface area contributed by atoms with E-state index >= 15 is 0 Å². The van der Waals surface area contributed by atoms with Gasteiger partial charge in [-0.1, -0.05) is 30.6 Å². The minimum atomic E-state index is -0.170. The zero-order valence-corrected chi connectivity index (χ0v) is 13.9. The third-order valence-electron chi connectivity index (χ3n) is 7.27. The quantitative estimate of drug-likeness (QED) is 0.516. The van der Waals surface area contributed by atoms with Crippen molar-refractivity contribution in [3.8, 4) is 11.8 Å². The molecule has 0 amide bonds. The maximum Gasteiger partial charge on any atom is 0.0723 e. The number of aliphatic hydroxyl groups is 1.